The molecule has 7 rings (SSSR count). The predicted octanol–water partition coefficient (Wildman–Crippen LogP) is 11.5. The van der Waals surface area contributed by atoms with Crippen molar-refractivity contribution in [3.8, 4) is 66.2 Å². The van der Waals surface area contributed by atoms with Gasteiger partial charge >= 0.3 is 23.0 Å². The van der Waals surface area contributed by atoms with Crippen LogP contribution in [-0.2, 0) is 0 Å². The zero-order valence-corrected chi connectivity index (χ0v) is 23.1. The van der Waals surface area contributed by atoms with Crippen LogP contribution in [0.4, 0.5) is 0 Å². The van der Waals surface area contributed by atoms with Crippen molar-refractivity contribution in [3.05, 3.63) is 158 Å². The van der Waals surface area contributed by atoms with Crippen LogP contribution in [0.1, 0.15) is 0 Å². The lowest BCUT2D eigenvalue weighted by Gasteiger charge is -2.01. The molecule has 0 unspecified atom stereocenters. The van der Waals surface area contributed by atoms with Crippen molar-refractivity contribution >= 4 is 11.3 Å². The second kappa shape index (κ2) is 11.2. The van der Waals surface area contributed by atoms with Crippen LogP contribution < -0.4 is 0 Å². The summed E-state index contributed by atoms with van der Waals surface area (Å²) in [7, 11) is 0. The fourth-order valence-corrected chi connectivity index (χ4v) is 5.84. The molecule has 41 heavy (non-hydrogen) atoms. The van der Waals surface area contributed by atoms with Crippen LogP contribution in [0.25, 0.3) is 66.2 Å². The molecular weight excluding hydrogens is 520 g/mol. The number of hydrogen-bond donors (Lipinski definition) is 0. The van der Waals surface area contributed by atoms with Crippen molar-refractivity contribution in [2.45, 2.75) is 0 Å². The highest BCUT2D eigenvalue weighted by Gasteiger charge is 2.26. The summed E-state index contributed by atoms with van der Waals surface area (Å²) in [4.78, 5) is 2.08. The Hall–Kier alpha value is -5.12. The monoisotopic (exact) mass is 546 g/mol. The van der Waals surface area contributed by atoms with Gasteiger partial charge in [-0.15, -0.1) is 11.3 Å². The molecule has 3 heterocycles. The summed E-state index contributed by atoms with van der Waals surface area (Å²) in [6.07, 6.45) is 0. The Morgan fingerprint density at radius 2 is 0.610 bits per heavy atom. The standard InChI is InChI=1S/C38H26O2S/c1-5-13-27(14-6-1)31-23-33(29-17-9-3-10-18-29)39-35(25-31)37-21-22-38(41-37)36-26-32(28-15-7-2-8-16-28)24-34(40-36)30-19-11-4-12-20-30/h1-26H/q+2. The molecule has 0 amide bonds. The molecule has 3 heteroatoms. The maximum atomic E-state index is 6.53. The molecule has 7 aromatic rings. The van der Waals surface area contributed by atoms with E-state index in [1.165, 1.54) is 0 Å². The van der Waals surface area contributed by atoms with E-state index in [0.29, 0.717) is 0 Å². The molecule has 0 spiro atoms. The van der Waals surface area contributed by atoms with Crippen LogP contribution in [0.5, 0.6) is 0 Å². The van der Waals surface area contributed by atoms with Crippen molar-refractivity contribution < 1.29 is 8.83 Å². The first-order valence-corrected chi connectivity index (χ1v) is 14.4. The Bertz CT molecular complexity index is 1660. The Morgan fingerprint density at radius 3 is 0.976 bits per heavy atom. The van der Waals surface area contributed by atoms with Crippen molar-refractivity contribution in [1.29, 1.82) is 0 Å². The summed E-state index contributed by atoms with van der Waals surface area (Å²) in [6.45, 7) is 0. The molecule has 0 aliphatic carbocycles. The minimum Gasteiger partial charge on any atom is -0.206 e. The van der Waals surface area contributed by atoms with Gasteiger partial charge < -0.3 is 0 Å². The van der Waals surface area contributed by atoms with Crippen LogP contribution in [0.3, 0.4) is 0 Å². The Balaban J connectivity index is 1.34. The molecule has 194 valence electrons. The molecule has 2 nitrogen and oxygen atoms in total. The molecule has 3 aromatic heterocycles. The van der Waals surface area contributed by atoms with Crippen LogP contribution in [-0.4, -0.2) is 0 Å². The van der Waals surface area contributed by atoms with Gasteiger partial charge in [0.05, 0.1) is 35.4 Å². The van der Waals surface area contributed by atoms with E-state index in [1.807, 2.05) is 48.5 Å². The third-order valence-corrected chi connectivity index (χ3v) is 8.12. The van der Waals surface area contributed by atoms with Crippen LogP contribution in [0.2, 0.25) is 0 Å². The largest absolute Gasteiger partial charge is 0.371 e. The normalized spacial score (nSPS) is 10.9. The van der Waals surface area contributed by atoms with Crippen molar-refractivity contribution in [2.75, 3.05) is 0 Å². The van der Waals surface area contributed by atoms with E-state index in [9.17, 15) is 0 Å². The van der Waals surface area contributed by atoms with E-state index in [-0.39, 0.29) is 0 Å². The molecule has 0 aliphatic heterocycles. The summed E-state index contributed by atoms with van der Waals surface area (Å²) in [5.74, 6) is 3.31. The summed E-state index contributed by atoms with van der Waals surface area (Å²) >= 11 is 1.67. The van der Waals surface area contributed by atoms with Gasteiger partial charge in [0.25, 0.3) is 0 Å². The van der Waals surface area contributed by atoms with Crippen LogP contribution in [0.15, 0.2) is 167 Å². The fraction of sp³-hybridized carbons (Fsp3) is 0. The van der Waals surface area contributed by atoms with Crippen molar-refractivity contribution in [1.82, 2.24) is 0 Å². The van der Waals surface area contributed by atoms with E-state index in [0.717, 1.165) is 66.2 Å². The quantitative estimate of drug-likeness (QED) is 0.194. The van der Waals surface area contributed by atoms with Gasteiger partial charge in [-0.3, -0.25) is 0 Å². The molecule has 0 radical (unpaired) electrons. The van der Waals surface area contributed by atoms with E-state index in [1.54, 1.807) is 11.3 Å². The molecule has 0 saturated heterocycles. The third kappa shape index (κ3) is 5.36. The highest BCUT2D eigenvalue weighted by molar-refractivity contribution is 7.18. The Morgan fingerprint density at radius 1 is 0.293 bits per heavy atom. The highest BCUT2D eigenvalue weighted by Crippen LogP contribution is 2.40. The Labute approximate surface area is 243 Å². The Kier molecular flexibility index (Phi) is 6.78. The lowest BCUT2D eigenvalue weighted by atomic mass is 10.0. The first-order chi connectivity index (χ1) is 20.3. The van der Waals surface area contributed by atoms with E-state index in [2.05, 4.69) is 109 Å². The van der Waals surface area contributed by atoms with Gasteiger partial charge in [-0.1, -0.05) is 97.1 Å². The smallest absolute Gasteiger partial charge is 0.206 e. The van der Waals surface area contributed by atoms with Crippen molar-refractivity contribution in [2.24, 2.45) is 0 Å². The van der Waals surface area contributed by atoms with Gasteiger partial charge in [-0.05, 0) is 47.5 Å². The summed E-state index contributed by atoms with van der Waals surface area (Å²) in [5.41, 5.74) is 6.61. The second-order valence-electron chi connectivity index (χ2n) is 9.78. The van der Waals surface area contributed by atoms with E-state index in [4.69, 9.17) is 8.83 Å². The second-order valence-corrected chi connectivity index (χ2v) is 10.9. The average Bonchev–Trinajstić information content (AvgIpc) is 3.57. The molecule has 0 N–H and O–H groups in total. The SMILES string of the molecule is c1ccc(-c2cc(-c3ccccc3)[o+]c(-c3ccc(-c4cc(-c5ccccc5)cc(-c5ccccc5)[o+]4)s3)c2)cc1. The summed E-state index contributed by atoms with van der Waals surface area (Å²) in [5, 5.41) is 0. The highest BCUT2D eigenvalue weighted by atomic mass is 32.1. The molecule has 4 aromatic carbocycles. The fourth-order valence-electron chi connectivity index (χ4n) is 4.93. The first-order valence-electron chi connectivity index (χ1n) is 13.6. The number of rotatable bonds is 6. The minimum absolute atomic E-state index is 0.823. The topological polar surface area (TPSA) is 22.6 Å². The van der Waals surface area contributed by atoms with Gasteiger partial charge in [0.2, 0.25) is 0 Å². The lowest BCUT2D eigenvalue weighted by molar-refractivity contribution is 0.584. The third-order valence-electron chi connectivity index (χ3n) is 7.01. The van der Waals surface area contributed by atoms with Gasteiger partial charge in [0, 0.05) is 11.1 Å². The zero-order valence-electron chi connectivity index (χ0n) is 22.2. The van der Waals surface area contributed by atoms with Crippen LogP contribution in [0, 0.1) is 0 Å². The predicted molar refractivity (Wildman–Crippen MR) is 170 cm³/mol. The number of benzene rings is 4. The van der Waals surface area contributed by atoms with Crippen LogP contribution >= 0.6 is 11.3 Å². The number of hydrogen-bond acceptors (Lipinski definition) is 1. The van der Waals surface area contributed by atoms with Gasteiger partial charge in [-0.2, -0.15) is 0 Å². The molecule has 0 atom stereocenters. The minimum atomic E-state index is 0.823. The summed E-state index contributed by atoms with van der Waals surface area (Å²) < 4.78 is 13.1. The zero-order chi connectivity index (χ0) is 27.4. The van der Waals surface area contributed by atoms with Gasteiger partial charge in [-0.25, -0.2) is 8.83 Å². The molecule has 0 bridgehead atoms. The molecular formula is C38H26O2S+2. The van der Waals surface area contributed by atoms with E-state index < -0.39 is 0 Å². The average molecular weight is 547 g/mol. The maximum Gasteiger partial charge on any atom is 0.371 e. The van der Waals surface area contributed by atoms with Gasteiger partial charge in [0.15, 0.2) is 0 Å². The maximum absolute atomic E-state index is 6.53. The number of thiophene rings is 1. The first kappa shape index (κ1) is 24.9. The van der Waals surface area contributed by atoms with E-state index >= 15 is 0 Å². The van der Waals surface area contributed by atoms with Crippen molar-refractivity contribution in [3.63, 3.8) is 0 Å². The molecule has 0 saturated carbocycles. The lowest BCUT2D eigenvalue weighted by Crippen LogP contribution is -1.85. The van der Waals surface area contributed by atoms with Gasteiger partial charge in [0.1, 0.15) is 9.75 Å². The molecule has 0 aliphatic rings. The summed E-state index contributed by atoms with van der Waals surface area (Å²) in [6, 6.07) is 54.1. The molecule has 0 fully saturated rings.